The number of ketones is 1. The van der Waals surface area contributed by atoms with E-state index in [1.807, 2.05) is 38.0 Å². The van der Waals surface area contributed by atoms with Crippen LogP contribution < -0.4 is 16.0 Å². The van der Waals surface area contributed by atoms with Gasteiger partial charge in [0.2, 0.25) is 5.78 Å². The molecule has 48 heavy (non-hydrogen) atoms. The van der Waals surface area contributed by atoms with Crippen molar-refractivity contribution in [3.63, 3.8) is 0 Å². The molecule has 1 fully saturated rings. The summed E-state index contributed by atoms with van der Waals surface area (Å²) in [6, 6.07) is 7.50. The van der Waals surface area contributed by atoms with E-state index in [4.69, 9.17) is 11.1 Å². The maximum Gasteiger partial charge on any atom is 0.254 e. The molecule has 0 radical (unpaired) electrons. The van der Waals surface area contributed by atoms with Crippen LogP contribution in [0, 0.1) is 17.2 Å². The Kier molecular flexibility index (Phi) is 9.17. The number of nitrogens with zero attached hydrogens (tertiary/aromatic N) is 3. The third-order valence-electron chi connectivity index (χ3n) is 9.74. The molecule has 13 nitrogen and oxygen atoms in total. The number of fused-ring (bicyclic) bond motifs is 3. The Morgan fingerprint density at radius 2 is 1.77 bits per heavy atom. The van der Waals surface area contributed by atoms with E-state index in [-0.39, 0.29) is 35.6 Å². The predicted octanol–water partition coefficient (Wildman–Crippen LogP) is 1.83. The number of aliphatic hydroxyl groups is 3. The highest BCUT2D eigenvalue weighted by molar-refractivity contribution is 6.34. The minimum atomic E-state index is -2.57. The Bertz CT molecular complexity index is 1780. The zero-order valence-electron chi connectivity index (χ0n) is 28.1. The SMILES string of the molecule is CN(C)CCCNC(=O)c1cccc(-c2cc(N(C)C)c3c(c2O)C(O)=C2C(=O)[C@]4(O)C(=N)C(C(N)=O)=C(O)[C@@H](N(C)C)[C@@H]4C[C@@H]2C3)c1. The standard InChI is InChI=1S/C35H44N6O7/c1-39(2)12-8-11-38-34(47)18-10-7-9-17(13-18)20-16-23(40(3)4)21-14-19-15-22-27(41(5)6)30(44)26(33(37)46)31(36)35(22,48)32(45)24(19)29(43)25(21)28(20)42/h7,9-10,13,16,19,22,27,36,42-44,48H,8,11-12,14-15H2,1-6H3,(H2,37,46)(H,38,47)/t19-,22-,27-,35+/m0/s1. The van der Waals surface area contributed by atoms with E-state index in [0.717, 1.165) is 13.0 Å². The molecule has 2 amide bonds. The quantitative estimate of drug-likeness (QED) is 0.195. The summed E-state index contributed by atoms with van der Waals surface area (Å²) in [7, 11) is 10.8. The van der Waals surface area contributed by atoms with Gasteiger partial charge in [-0.3, -0.25) is 19.3 Å². The number of aromatic hydroxyl groups is 1. The van der Waals surface area contributed by atoms with Crippen molar-refractivity contribution in [3.05, 3.63) is 63.9 Å². The van der Waals surface area contributed by atoms with Crippen LogP contribution in [-0.2, 0) is 16.0 Å². The number of carbonyl (C=O) groups is 3. The van der Waals surface area contributed by atoms with Crippen LogP contribution in [0.4, 0.5) is 5.69 Å². The van der Waals surface area contributed by atoms with Crippen molar-refractivity contribution in [2.45, 2.75) is 30.9 Å². The van der Waals surface area contributed by atoms with Crippen molar-refractivity contribution in [1.82, 2.24) is 15.1 Å². The Balaban J connectivity index is 1.62. The van der Waals surface area contributed by atoms with Gasteiger partial charge in [0, 0.05) is 48.9 Å². The Morgan fingerprint density at radius 1 is 1.08 bits per heavy atom. The van der Waals surface area contributed by atoms with Gasteiger partial charge in [-0.05, 0) is 89.2 Å². The topological polar surface area (TPSA) is 204 Å². The fourth-order valence-electron chi connectivity index (χ4n) is 7.49. The number of benzene rings is 2. The van der Waals surface area contributed by atoms with Crippen LogP contribution in [0.5, 0.6) is 5.75 Å². The van der Waals surface area contributed by atoms with E-state index in [1.54, 1.807) is 49.3 Å². The number of likely N-dealkylation sites (N-methyl/N-ethyl adjacent to an activating group) is 1. The van der Waals surface area contributed by atoms with Crippen molar-refractivity contribution in [1.29, 1.82) is 5.41 Å². The lowest BCUT2D eigenvalue weighted by atomic mass is 9.56. The van der Waals surface area contributed by atoms with Gasteiger partial charge in [-0.1, -0.05) is 12.1 Å². The number of hydrogen-bond acceptors (Lipinski definition) is 11. The molecular formula is C35H44N6O7. The number of amides is 2. The third-order valence-corrected chi connectivity index (χ3v) is 9.74. The first-order valence-electron chi connectivity index (χ1n) is 15.8. The highest BCUT2D eigenvalue weighted by Crippen LogP contribution is 2.54. The molecule has 0 aromatic heterocycles. The average Bonchev–Trinajstić information content (AvgIpc) is 3.00. The van der Waals surface area contributed by atoms with Gasteiger partial charge in [-0.2, -0.15) is 0 Å². The van der Waals surface area contributed by atoms with Crippen LogP contribution in [-0.4, -0.2) is 121 Å². The largest absolute Gasteiger partial charge is 0.510 e. The van der Waals surface area contributed by atoms with Crippen molar-refractivity contribution in [2.75, 3.05) is 60.3 Å². The van der Waals surface area contributed by atoms with Gasteiger partial charge < -0.3 is 46.7 Å². The molecule has 0 aliphatic heterocycles. The van der Waals surface area contributed by atoms with Crippen LogP contribution in [0.3, 0.4) is 0 Å². The first-order chi connectivity index (χ1) is 22.5. The van der Waals surface area contributed by atoms with E-state index in [2.05, 4.69) is 5.32 Å². The van der Waals surface area contributed by atoms with Gasteiger partial charge in [-0.25, -0.2) is 0 Å². The summed E-state index contributed by atoms with van der Waals surface area (Å²) in [4.78, 5) is 45.0. The summed E-state index contributed by atoms with van der Waals surface area (Å²) in [5.74, 6) is -5.45. The Labute approximate surface area is 279 Å². The fraction of sp³-hybridized carbons (Fsp3) is 0.429. The highest BCUT2D eigenvalue weighted by atomic mass is 16.3. The second-order valence-corrected chi connectivity index (χ2v) is 13.5. The minimum absolute atomic E-state index is 0.0106. The number of nitrogens with two attached hydrogens (primary N) is 1. The molecule has 1 saturated carbocycles. The molecule has 4 atom stereocenters. The normalized spacial score (nSPS) is 23.6. The summed E-state index contributed by atoms with van der Waals surface area (Å²) in [5.41, 5.74) is 3.73. The molecule has 2 aromatic carbocycles. The molecular weight excluding hydrogens is 616 g/mol. The van der Waals surface area contributed by atoms with Gasteiger partial charge in [0.05, 0.1) is 17.3 Å². The van der Waals surface area contributed by atoms with Crippen molar-refractivity contribution in [2.24, 2.45) is 17.6 Å². The van der Waals surface area contributed by atoms with Gasteiger partial charge in [0.1, 0.15) is 22.8 Å². The summed E-state index contributed by atoms with van der Waals surface area (Å²) >= 11 is 0. The lowest BCUT2D eigenvalue weighted by Gasteiger charge is -2.51. The predicted molar refractivity (Wildman–Crippen MR) is 182 cm³/mol. The van der Waals surface area contributed by atoms with Crippen LogP contribution in [0.25, 0.3) is 16.9 Å². The number of carbonyl (C=O) groups excluding carboxylic acids is 3. The third kappa shape index (κ3) is 5.51. The summed E-state index contributed by atoms with van der Waals surface area (Å²) in [6.07, 6.45) is 1.05. The molecule has 13 heteroatoms. The van der Waals surface area contributed by atoms with Crippen molar-refractivity contribution >= 4 is 34.8 Å². The Morgan fingerprint density at radius 3 is 2.38 bits per heavy atom. The van der Waals surface area contributed by atoms with Crippen LogP contribution in [0.15, 0.2) is 47.2 Å². The molecule has 2 aromatic rings. The number of phenols is 1. The number of nitrogens with one attached hydrogen (secondary N) is 2. The zero-order chi connectivity index (χ0) is 35.4. The second kappa shape index (κ2) is 12.7. The van der Waals surface area contributed by atoms with Crippen LogP contribution in [0.2, 0.25) is 0 Å². The van der Waals surface area contributed by atoms with Crippen LogP contribution in [0.1, 0.15) is 34.3 Å². The number of rotatable bonds is 9. The van der Waals surface area contributed by atoms with Crippen molar-refractivity contribution in [3.8, 4) is 16.9 Å². The van der Waals surface area contributed by atoms with Gasteiger partial charge >= 0.3 is 0 Å². The fourth-order valence-corrected chi connectivity index (χ4v) is 7.49. The van der Waals surface area contributed by atoms with Gasteiger partial charge in [-0.15, -0.1) is 0 Å². The van der Waals surface area contributed by atoms with Gasteiger partial charge in [0.25, 0.3) is 11.8 Å². The van der Waals surface area contributed by atoms with Crippen LogP contribution >= 0.6 is 0 Å². The van der Waals surface area contributed by atoms with E-state index in [9.17, 15) is 34.8 Å². The molecule has 0 spiro atoms. The van der Waals surface area contributed by atoms with E-state index < -0.39 is 58.0 Å². The molecule has 3 aliphatic rings. The summed E-state index contributed by atoms with van der Waals surface area (Å²) in [5, 5.41) is 58.3. The molecule has 0 bridgehead atoms. The van der Waals surface area contributed by atoms with E-state index >= 15 is 0 Å². The number of anilines is 1. The smallest absolute Gasteiger partial charge is 0.254 e. The second-order valence-electron chi connectivity index (χ2n) is 13.5. The maximum absolute atomic E-state index is 14.3. The number of Topliss-reactive ketones (excluding diaryl/α,β-unsaturated/α-hetero) is 1. The molecule has 8 N–H and O–H groups in total. The number of primary amides is 1. The highest BCUT2D eigenvalue weighted by Gasteiger charge is 2.63. The molecule has 5 rings (SSSR count). The van der Waals surface area contributed by atoms with E-state index in [0.29, 0.717) is 34.5 Å². The maximum atomic E-state index is 14.3. The summed E-state index contributed by atoms with van der Waals surface area (Å²) < 4.78 is 0. The Hall–Kier alpha value is -4.72. The van der Waals surface area contributed by atoms with E-state index in [1.165, 1.54) is 0 Å². The first kappa shape index (κ1) is 34.6. The lowest BCUT2D eigenvalue weighted by molar-refractivity contribution is -0.138. The average molecular weight is 661 g/mol. The minimum Gasteiger partial charge on any atom is -0.510 e. The number of hydrogen-bond donors (Lipinski definition) is 7. The number of phenolic OH excluding ortho intramolecular Hbond substituents is 1. The monoisotopic (exact) mass is 660 g/mol. The lowest BCUT2D eigenvalue weighted by Crippen LogP contribution is -2.67. The molecule has 0 saturated heterocycles. The molecule has 256 valence electrons. The molecule has 0 unspecified atom stereocenters. The zero-order valence-corrected chi connectivity index (χ0v) is 28.1. The summed E-state index contributed by atoms with van der Waals surface area (Å²) in [6.45, 7) is 1.31. The first-order valence-corrected chi connectivity index (χ1v) is 15.8. The van der Waals surface area contributed by atoms with Crippen molar-refractivity contribution < 1.29 is 34.8 Å². The molecule has 3 aliphatic carbocycles. The van der Waals surface area contributed by atoms with Gasteiger partial charge in [0.15, 0.2) is 5.60 Å². The molecule has 0 heterocycles. The number of aliphatic hydroxyl groups excluding tert-OH is 2.